The summed E-state index contributed by atoms with van der Waals surface area (Å²) in [7, 11) is 0. The zero-order valence-electron chi connectivity index (χ0n) is 18.1. The third-order valence-corrected chi connectivity index (χ3v) is 5.64. The van der Waals surface area contributed by atoms with Gasteiger partial charge in [0.15, 0.2) is 0 Å². The Labute approximate surface area is 191 Å². The number of benzene rings is 1. The molecule has 1 unspecified atom stereocenters. The number of piperazine rings is 1. The molecule has 0 aliphatic carbocycles. The molecule has 1 fully saturated rings. The van der Waals surface area contributed by atoms with Crippen LogP contribution >= 0.6 is 0 Å². The Bertz CT molecular complexity index is 1010. The number of rotatable bonds is 11. The molecule has 2 amide bonds. The van der Waals surface area contributed by atoms with Crippen molar-refractivity contribution in [3.63, 3.8) is 0 Å². The highest BCUT2D eigenvalue weighted by atomic mass is 16.5. The van der Waals surface area contributed by atoms with E-state index in [1.54, 1.807) is 48.8 Å². The second kappa shape index (κ2) is 10.6. The number of nitrogens with two attached hydrogens (primary N) is 1. The molecular weight excluding hydrogens is 426 g/mol. The van der Waals surface area contributed by atoms with E-state index < -0.39 is 23.3 Å². The fourth-order valence-electron chi connectivity index (χ4n) is 3.88. The molecule has 1 aromatic heterocycles. The van der Waals surface area contributed by atoms with Crippen molar-refractivity contribution < 1.29 is 24.2 Å². The average Bonchev–Trinajstić information content (AvgIpc) is 2.80. The SMILES string of the molecule is N=C(N)c1ccc(OCCCCC(Cc2ccncc2)(C(=O)O)N2CCNC(=O)C2=O)cc1. The van der Waals surface area contributed by atoms with Gasteiger partial charge in [-0.1, -0.05) is 0 Å². The highest BCUT2D eigenvalue weighted by Crippen LogP contribution is 2.29. The van der Waals surface area contributed by atoms with Gasteiger partial charge in [-0.15, -0.1) is 0 Å². The summed E-state index contributed by atoms with van der Waals surface area (Å²) >= 11 is 0. The van der Waals surface area contributed by atoms with E-state index in [2.05, 4.69) is 10.3 Å². The van der Waals surface area contributed by atoms with Gasteiger partial charge in [0.1, 0.15) is 17.1 Å². The summed E-state index contributed by atoms with van der Waals surface area (Å²) in [6, 6.07) is 10.2. The first-order valence-corrected chi connectivity index (χ1v) is 10.6. The maximum absolute atomic E-state index is 12.6. The van der Waals surface area contributed by atoms with Crippen LogP contribution in [0.25, 0.3) is 0 Å². The summed E-state index contributed by atoms with van der Waals surface area (Å²) in [5.41, 5.74) is 5.20. The van der Waals surface area contributed by atoms with Gasteiger partial charge in [-0.25, -0.2) is 4.79 Å². The molecular formula is C23H27N5O5. The summed E-state index contributed by atoms with van der Waals surface area (Å²) in [5.74, 6) is -2.19. The molecule has 174 valence electrons. The number of nitrogens with one attached hydrogen (secondary N) is 2. The second-order valence-electron chi connectivity index (χ2n) is 7.83. The van der Waals surface area contributed by atoms with Crippen molar-refractivity contribution in [3.05, 3.63) is 59.9 Å². The van der Waals surface area contributed by atoms with Gasteiger partial charge in [-0.2, -0.15) is 0 Å². The number of hydrogen-bond donors (Lipinski definition) is 4. The molecule has 0 saturated carbocycles. The van der Waals surface area contributed by atoms with Crippen molar-refractivity contribution in [2.45, 2.75) is 31.2 Å². The van der Waals surface area contributed by atoms with Crippen LogP contribution in [0.5, 0.6) is 5.75 Å². The van der Waals surface area contributed by atoms with Crippen LogP contribution in [0, 0.1) is 5.41 Å². The fraction of sp³-hybridized carbons (Fsp3) is 0.348. The number of unbranched alkanes of at least 4 members (excludes halogenated alkanes) is 1. The molecule has 10 nitrogen and oxygen atoms in total. The monoisotopic (exact) mass is 453 g/mol. The Kier molecular flexibility index (Phi) is 7.60. The van der Waals surface area contributed by atoms with E-state index >= 15 is 0 Å². The zero-order valence-corrected chi connectivity index (χ0v) is 18.1. The molecule has 0 radical (unpaired) electrons. The molecule has 10 heteroatoms. The van der Waals surface area contributed by atoms with Crippen molar-refractivity contribution in [3.8, 4) is 5.75 Å². The van der Waals surface area contributed by atoms with E-state index in [4.69, 9.17) is 15.9 Å². The van der Waals surface area contributed by atoms with Gasteiger partial charge in [-0.05, 0) is 61.2 Å². The van der Waals surface area contributed by atoms with Gasteiger partial charge in [0, 0.05) is 37.5 Å². The van der Waals surface area contributed by atoms with Crippen LogP contribution in [-0.2, 0) is 20.8 Å². The van der Waals surface area contributed by atoms with Crippen molar-refractivity contribution in [2.24, 2.45) is 5.73 Å². The Balaban J connectivity index is 1.69. The molecule has 2 heterocycles. The smallest absolute Gasteiger partial charge is 0.329 e. The standard InChI is InChI=1S/C23H27N5O5/c24-19(25)17-3-5-18(6-4-17)33-14-2-1-9-23(22(31)32,15-16-7-10-26-11-8-16)28-13-12-27-20(29)21(28)30/h3-8,10-11H,1-2,9,12-15H2,(H3,24,25)(H,27,29)(H,31,32). The number of pyridine rings is 1. The predicted molar refractivity (Wildman–Crippen MR) is 120 cm³/mol. The van der Waals surface area contributed by atoms with Crippen LogP contribution in [-0.4, -0.2) is 63.8 Å². The van der Waals surface area contributed by atoms with Gasteiger partial charge in [0.05, 0.1) is 6.61 Å². The maximum Gasteiger partial charge on any atom is 0.329 e. The maximum atomic E-state index is 12.6. The zero-order chi connectivity index (χ0) is 23.8. The third kappa shape index (κ3) is 5.65. The topological polar surface area (TPSA) is 159 Å². The summed E-state index contributed by atoms with van der Waals surface area (Å²) in [6.07, 6.45) is 4.38. The van der Waals surface area contributed by atoms with Crippen molar-refractivity contribution in [1.82, 2.24) is 15.2 Å². The summed E-state index contributed by atoms with van der Waals surface area (Å²) in [6.45, 7) is 0.676. The molecule has 0 bridgehead atoms. The number of carbonyl (C=O) groups excluding carboxylic acids is 2. The van der Waals surface area contributed by atoms with Crippen LogP contribution in [0.15, 0.2) is 48.8 Å². The fourth-order valence-corrected chi connectivity index (χ4v) is 3.88. The van der Waals surface area contributed by atoms with E-state index in [1.165, 1.54) is 4.90 Å². The van der Waals surface area contributed by atoms with Crippen LogP contribution in [0.4, 0.5) is 0 Å². The number of carboxylic acids is 1. The highest BCUT2D eigenvalue weighted by molar-refractivity contribution is 6.36. The number of aliphatic carboxylic acids is 1. The predicted octanol–water partition coefficient (Wildman–Crippen LogP) is 0.939. The molecule has 2 aromatic rings. The van der Waals surface area contributed by atoms with Crippen LogP contribution in [0.1, 0.15) is 30.4 Å². The molecule has 3 rings (SSSR count). The molecule has 1 aliphatic heterocycles. The third-order valence-electron chi connectivity index (χ3n) is 5.64. The van der Waals surface area contributed by atoms with Crippen LogP contribution in [0.2, 0.25) is 0 Å². The Morgan fingerprint density at radius 1 is 1.18 bits per heavy atom. The minimum Gasteiger partial charge on any atom is -0.494 e. The number of amidine groups is 1. The molecule has 5 N–H and O–H groups in total. The lowest BCUT2D eigenvalue weighted by Gasteiger charge is -2.42. The lowest BCUT2D eigenvalue weighted by Crippen LogP contribution is -2.65. The first-order valence-electron chi connectivity index (χ1n) is 10.6. The van der Waals surface area contributed by atoms with Crippen molar-refractivity contribution in [1.29, 1.82) is 5.41 Å². The first-order chi connectivity index (χ1) is 15.8. The van der Waals surface area contributed by atoms with Gasteiger partial charge < -0.3 is 25.8 Å². The van der Waals surface area contributed by atoms with E-state index in [0.717, 1.165) is 0 Å². The van der Waals surface area contributed by atoms with E-state index in [9.17, 15) is 19.5 Å². The average molecular weight is 453 g/mol. The highest BCUT2D eigenvalue weighted by Gasteiger charge is 2.48. The van der Waals surface area contributed by atoms with Crippen molar-refractivity contribution in [2.75, 3.05) is 19.7 Å². The number of carbonyl (C=O) groups is 3. The largest absolute Gasteiger partial charge is 0.494 e. The van der Waals surface area contributed by atoms with Gasteiger partial charge in [0.2, 0.25) is 0 Å². The summed E-state index contributed by atoms with van der Waals surface area (Å²) in [5, 5.41) is 20.1. The minimum atomic E-state index is -1.56. The minimum absolute atomic E-state index is 0.0262. The lowest BCUT2D eigenvalue weighted by atomic mass is 9.83. The molecule has 1 saturated heterocycles. The Morgan fingerprint density at radius 3 is 2.52 bits per heavy atom. The number of aromatic nitrogens is 1. The number of hydrogen-bond acceptors (Lipinski definition) is 6. The van der Waals surface area contributed by atoms with Crippen LogP contribution in [0.3, 0.4) is 0 Å². The van der Waals surface area contributed by atoms with E-state index in [1.807, 2.05) is 0 Å². The van der Waals surface area contributed by atoms with Crippen LogP contribution < -0.4 is 15.8 Å². The molecule has 0 spiro atoms. The number of amides is 2. The number of carboxylic acid groups (broad SMARTS) is 1. The Morgan fingerprint density at radius 2 is 1.88 bits per heavy atom. The first kappa shape index (κ1) is 23.7. The van der Waals surface area contributed by atoms with Gasteiger partial charge in [0.25, 0.3) is 0 Å². The van der Waals surface area contributed by atoms with Crippen molar-refractivity contribution >= 4 is 23.6 Å². The van der Waals surface area contributed by atoms with E-state index in [0.29, 0.717) is 36.3 Å². The second-order valence-corrected chi connectivity index (χ2v) is 7.83. The lowest BCUT2D eigenvalue weighted by molar-refractivity contribution is -0.165. The molecule has 1 atom stereocenters. The summed E-state index contributed by atoms with van der Waals surface area (Å²) < 4.78 is 5.71. The van der Waals surface area contributed by atoms with Gasteiger partial charge >= 0.3 is 17.8 Å². The number of nitrogen functional groups attached to an aromatic ring is 1. The normalized spacial score (nSPS) is 15.5. The van der Waals surface area contributed by atoms with Gasteiger partial charge in [-0.3, -0.25) is 20.0 Å². The Hall–Kier alpha value is -3.95. The van der Waals surface area contributed by atoms with E-state index in [-0.39, 0.29) is 31.8 Å². The number of ether oxygens (including phenoxy) is 1. The number of nitrogens with zero attached hydrogens (tertiary/aromatic N) is 2. The molecule has 1 aliphatic rings. The summed E-state index contributed by atoms with van der Waals surface area (Å²) in [4.78, 5) is 42.3. The molecule has 1 aromatic carbocycles. The molecule has 33 heavy (non-hydrogen) atoms. The quantitative estimate of drug-likeness (QED) is 0.170.